The molecule has 0 aliphatic heterocycles. The van der Waals surface area contributed by atoms with Crippen LogP contribution in [0.5, 0.6) is 5.75 Å². The van der Waals surface area contributed by atoms with Crippen molar-refractivity contribution in [1.82, 2.24) is 0 Å². The Morgan fingerprint density at radius 3 is 2.56 bits per heavy atom. The van der Waals surface area contributed by atoms with Crippen LogP contribution < -0.4 is 10.1 Å². The van der Waals surface area contributed by atoms with Gasteiger partial charge >= 0.3 is 5.97 Å². The van der Waals surface area contributed by atoms with Gasteiger partial charge in [0.05, 0.1) is 23.8 Å². The van der Waals surface area contributed by atoms with Gasteiger partial charge in [0.2, 0.25) is 0 Å². The van der Waals surface area contributed by atoms with Crippen molar-refractivity contribution in [3.63, 3.8) is 0 Å². The van der Waals surface area contributed by atoms with Gasteiger partial charge in [-0.2, -0.15) is 5.26 Å². The number of carbonyl (C=O) groups excluding carboxylic acids is 2. The van der Waals surface area contributed by atoms with Gasteiger partial charge in [-0.25, -0.2) is 4.79 Å². The molecule has 1 atom stereocenters. The molecule has 0 aliphatic carbocycles. The van der Waals surface area contributed by atoms with E-state index in [1.807, 2.05) is 19.9 Å². The molecule has 1 amide bonds. The van der Waals surface area contributed by atoms with Gasteiger partial charge in [0, 0.05) is 5.69 Å². The Morgan fingerprint density at radius 2 is 1.85 bits per heavy atom. The van der Waals surface area contributed by atoms with Crippen molar-refractivity contribution in [2.75, 3.05) is 11.9 Å². The fourth-order valence-electron chi connectivity index (χ4n) is 2.17. The molecule has 0 aromatic heterocycles. The van der Waals surface area contributed by atoms with Gasteiger partial charge in [-0.15, -0.1) is 0 Å². The number of nitrogens with one attached hydrogen (secondary N) is 1. The minimum atomic E-state index is -0.997. The summed E-state index contributed by atoms with van der Waals surface area (Å²) in [6, 6.07) is 15.1. The average molecular weight is 366 g/mol. The largest absolute Gasteiger partial charge is 0.493 e. The van der Waals surface area contributed by atoms with E-state index in [2.05, 4.69) is 5.32 Å². The molecule has 0 unspecified atom stereocenters. The molecule has 2 aromatic rings. The Kier molecular flexibility index (Phi) is 6.95. The summed E-state index contributed by atoms with van der Waals surface area (Å²) in [4.78, 5) is 24.5. The summed E-state index contributed by atoms with van der Waals surface area (Å²) in [7, 11) is 0. The second-order valence-corrected chi connectivity index (χ2v) is 6.46. The van der Waals surface area contributed by atoms with E-state index in [0.717, 1.165) is 0 Å². The molecule has 0 radical (unpaired) electrons. The minimum absolute atomic E-state index is 0.308. The standard InChI is InChI=1S/C21H22N2O4/c1-14(2)13-26-19-9-5-7-17(11-19)21(25)27-15(3)20(24)23-18-8-4-6-16(10-18)12-22/h4-11,14-15H,13H2,1-3H3,(H,23,24)/t15-/m0/s1. The van der Waals surface area contributed by atoms with Crippen LogP contribution in [0.3, 0.4) is 0 Å². The molecule has 0 bridgehead atoms. The Hall–Kier alpha value is -3.33. The van der Waals surface area contributed by atoms with Crippen LogP contribution in [0.25, 0.3) is 0 Å². The molecule has 0 aliphatic rings. The maximum absolute atomic E-state index is 12.3. The third-order valence-electron chi connectivity index (χ3n) is 3.57. The van der Waals surface area contributed by atoms with Crippen molar-refractivity contribution < 1.29 is 19.1 Å². The highest BCUT2D eigenvalue weighted by atomic mass is 16.5. The number of ether oxygens (including phenoxy) is 2. The summed E-state index contributed by atoms with van der Waals surface area (Å²) in [5, 5.41) is 11.5. The molecule has 0 fully saturated rings. The number of hydrogen-bond donors (Lipinski definition) is 1. The van der Waals surface area contributed by atoms with E-state index in [4.69, 9.17) is 14.7 Å². The van der Waals surface area contributed by atoms with Crippen LogP contribution in [0.15, 0.2) is 48.5 Å². The number of carbonyl (C=O) groups is 2. The zero-order valence-electron chi connectivity index (χ0n) is 15.6. The normalized spacial score (nSPS) is 11.4. The SMILES string of the molecule is CC(C)COc1cccc(C(=O)O[C@@H](C)C(=O)Nc2cccc(C#N)c2)c1. The molecule has 27 heavy (non-hydrogen) atoms. The number of nitrogens with zero attached hydrogens (tertiary/aromatic N) is 1. The highest BCUT2D eigenvalue weighted by Crippen LogP contribution is 2.16. The molecule has 0 saturated carbocycles. The molecule has 0 heterocycles. The fourth-order valence-corrected chi connectivity index (χ4v) is 2.17. The molecule has 1 N–H and O–H groups in total. The predicted octanol–water partition coefficient (Wildman–Crippen LogP) is 3.78. The number of benzene rings is 2. The molecule has 2 aromatic carbocycles. The van der Waals surface area contributed by atoms with E-state index in [1.54, 1.807) is 48.5 Å². The molecule has 6 heteroatoms. The number of hydrogen-bond acceptors (Lipinski definition) is 5. The van der Waals surface area contributed by atoms with Crippen LogP contribution in [-0.4, -0.2) is 24.6 Å². The van der Waals surface area contributed by atoms with Crippen LogP contribution in [0.1, 0.15) is 36.7 Å². The lowest BCUT2D eigenvalue weighted by Gasteiger charge is -2.14. The lowest BCUT2D eigenvalue weighted by molar-refractivity contribution is -0.123. The molecule has 140 valence electrons. The monoisotopic (exact) mass is 366 g/mol. The Morgan fingerprint density at radius 1 is 1.11 bits per heavy atom. The second-order valence-electron chi connectivity index (χ2n) is 6.46. The van der Waals surface area contributed by atoms with Crippen molar-refractivity contribution in [3.05, 3.63) is 59.7 Å². The topological polar surface area (TPSA) is 88.4 Å². The van der Waals surface area contributed by atoms with Crippen molar-refractivity contribution >= 4 is 17.6 Å². The van der Waals surface area contributed by atoms with Crippen molar-refractivity contribution in [3.8, 4) is 11.8 Å². The van der Waals surface area contributed by atoms with Crippen LogP contribution in [-0.2, 0) is 9.53 Å². The molecule has 2 rings (SSSR count). The van der Waals surface area contributed by atoms with Crippen LogP contribution in [0, 0.1) is 17.2 Å². The number of esters is 1. The Balaban J connectivity index is 1.97. The van der Waals surface area contributed by atoms with E-state index >= 15 is 0 Å². The van der Waals surface area contributed by atoms with Crippen LogP contribution >= 0.6 is 0 Å². The first kappa shape index (κ1) is 20.0. The average Bonchev–Trinajstić information content (AvgIpc) is 2.66. The summed E-state index contributed by atoms with van der Waals surface area (Å²) in [5.74, 6) is -0.156. The third kappa shape index (κ3) is 6.15. The van der Waals surface area contributed by atoms with E-state index < -0.39 is 18.0 Å². The third-order valence-corrected chi connectivity index (χ3v) is 3.57. The van der Waals surface area contributed by atoms with Gasteiger partial charge in [-0.1, -0.05) is 26.0 Å². The summed E-state index contributed by atoms with van der Waals surface area (Å²) >= 11 is 0. The van der Waals surface area contributed by atoms with E-state index in [-0.39, 0.29) is 0 Å². The van der Waals surface area contributed by atoms with Crippen molar-refractivity contribution in [2.24, 2.45) is 5.92 Å². The summed E-state index contributed by atoms with van der Waals surface area (Å²) in [6.07, 6.45) is -0.997. The molecule has 6 nitrogen and oxygen atoms in total. The summed E-state index contributed by atoms with van der Waals surface area (Å²) in [5.41, 5.74) is 1.20. The number of nitriles is 1. The second kappa shape index (κ2) is 9.39. The molecule has 0 spiro atoms. The Bertz CT molecular complexity index is 855. The van der Waals surface area contributed by atoms with Gasteiger partial charge in [0.15, 0.2) is 6.10 Å². The molecular formula is C21H22N2O4. The number of rotatable bonds is 7. The predicted molar refractivity (Wildman–Crippen MR) is 101 cm³/mol. The van der Waals surface area contributed by atoms with Gasteiger partial charge < -0.3 is 14.8 Å². The van der Waals surface area contributed by atoms with E-state index in [1.165, 1.54) is 6.92 Å². The lowest BCUT2D eigenvalue weighted by Crippen LogP contribution is -2.30. The number of amides is 1. The highest BCUT2D eigenvalue weighted by molar-refractivity contribution is 5.97. The summed E-state index contributed by atoms with van der Waals surface area (Å²) < 4.78 is 10.8. The van der Waals surface area contributed by atoms with Gasteiger partial charge in [-0.3, -0.25) is 4.79 Å². The maximum atomic E-state index is 12.3. The fraction of sp³-hybridized carbons (Fsp3) is 0.286. The van der Waals surface area contributed by atoms with Gasteiger partial charge in [0.25, 0.3) is 5.91 Å². The lowest BCUT2D eigenvalue weighted by atomic mass is 10.2. The summed E-state index contributed by atoms with van der Waals surface area (Å²) in [6.45, 7) is 6.09. The zero-order chi connectivity index (χ0) is 19.8. The van der Waals surface area contributed by atoms with E-state index in [0.29, 0.717) is 35.1 Å². The molecule has 0 saturated heterocycles. The number of anilines is 1. The molecular weight excluding hydrogens is 344 g/mol. The quantitative estimate of drug-likeness (QED) is 0.754. The smallest absolute Gasteiger partial charge is 0.339 e. The first-order chi connectivity index (χ1) is 12.9. The zero-order valence-corrected chi connectivity index (χ0v) is 15.6. The van der Waals surface area contributed by atoms with Crippen molar-refractivity contribution in [2.45, 2.75) is 26.9 Å². The first-order valence-corrected chi connectivity index (χ1v) is 8.64. The van der Waals surface area contributed by atoms with Gasteiger partial charge in [0.1, 0.15) is 5.75 Å². The van der Waals surface area contributed by atoms with Crippen LogP contribution in [0.4, 0.5) is 5.69 Å². The van der Waals surface area contributed by atoms with Crippen LogP contribution in [0.2, 0.25) is 0 Å². The Labute approximate surface area is 158 Å². The minimum Gasteiger partial charge on any atom is -0.493 e. The first-order valence-electron chi connectivity index (χ1n) is 8.64. The van der Waals surface area contributed by atoms with Gasteiger partial charge in [-0.05, 0) is 49.2 Å². The highest BCUT2D eigenvalue weighted by Gasteiger charge is 2.19. The maximum Gasteiger partial charge on any atom is 0.339 e. The van der Waals surface area contributed by atoms with E-state index in [9.17, 15) is 9.59 Å². The van der Waals surface area contributed by atoms with Crippen molar-refractivity contribution in [1.29, 1.82) is 5.26 Å².